The van der Waals surface area contributed by atoms with Gasteiger partial charge < -0.3 is 19.4 Å². The van der Waals surface area contributed by atoms with E-state index in [1.54, 1.807) is 13.3 Å². The highest BCUT2D eigenvalue weighted by Crippen LogP contribution is 2.37. The van der Waals surface area contributed by atoms with Crippen LogP contribution in [0.15, 0.2) is 18.3 Å². The minimum absolute atomic E-state index is 0.267. The van der Waals surface area contributed by atoms with E-state index in [1.807, 2.05) is 39.8 Å². The third kappa shape index (κ3) is 3.31. The number of methoxy groups -OCH3 is 1. The molecule has 6 nitrogen and oxygen atoms in total. The summed E-state index contributed by atoms with van der Waals surface area (Å²) in [4.78, 5) is 8.95. The molecule has 0 saturated carbocycles. The minimum Gasteiger partial charge on any atom is -0.497 e. The Bertz CT molecular complexity index is 776. The Hall–Kier alpha value is -1.86. The van der Waals surface area contributed by atoms with Gasteiger partial charge in [-0.1, -0.05) is 0 Å². The van der Waals surface area contributed by atoms with Crippen LogP contribution < -0.4 is 15.5 Å². The van der Waals surface area contributed by atoms with Gasteiger partial charge in [0.05, 0.1) is 23.8 Å². The van der Waals surface area contributed by atoms with Crippen LogP contribution in [0.5, 0.6) is 5.75 Å². The fourth-order valence-corrected chi connectivity index (χ4v) is 2.74. The summed E-state index contributed by atoms with van der Waals surface area (Å²) >= 11 is 0. The topological polar surface area (TPSA) is 65.5 Å². The first-order valence-corrected chi connectivity index (χ1v) is 8.60. The van der Waals surface area contributed by atoms with Crippen LogP contribution in [0.2, 0.25) is 0 Å². The molecule has 1 fully saturated rings. The van der Waals surface area contributed by atoms with Crippen LogP contribution in [-0.4, -0.2) is 41.4 Å². The van der Waals surface area contributed by atoms with Crippen molar-refractivity contribution >= 4 is 29.4 Å². The molecule has 2 heterocycles. The molecule has 134 valence electrons. The van der Waals surface area contributed by atoms with Gasteiger partial charge in [0.2, 0.25) is 5.95 Å². The van der Waals surface area contributed by atoms with Crippen LogP contribution in [0, 0.1) is 0 Å². The molecule has 7 heteroatoms. The summed E-state index contributed by atoms with van der Waals surface area (Å²) in [5.74, 6) is 1.30. The maximum Gasteiger partial charge on any atom is 0.498 e. The van der Waals surface area contributed by atoms with Crippen LogP contribution >= 0.6 is 0 Å². The largest absolute Gasteiger partial charge is 0.498 e. The second kappa shape index (κ2) is 6.14. The fourth-order valence-electron chi connectivity index (χ4n) is 2.74. The summed E-state index contributed by atoms with van der Waals surface area (Å²) in [5, 5.41) is 4.13. The van der Waals surface area contributed by atoms with Crippen molar-refractivity contribution in [2.45, 2.75) is 58.8 Å². The van der Waals surface area contributed by atoms with Crippen molar-refractivity contribution in [3.05, 3.63) is 18.3 Å². The summed E-state index contributed by atoms with van der Waals surface area (Å²) in [6.45, 7) is 12.2. The predicted molar refractivity (Wildman–Crippen MR) is 101 cm³/mol. The molecule has 1 aliphatic heterocycles. The van der Waals surface area contributed by atoms with E-state index >= 15 is 0 Å². The van der Waals surface area contributed by atoms with Crippen molar-refractivity contribution in [1.82, 2.24) is 9.97 Å². The van der Waals surface area contributed by atoms with E-state index in [-0.39, 0.29) is 6.04 Å². The monoisotopic (exact) mass is 343 g/mol. The lowest BCUT2D eigenvalue weighted by atomic mass is 9.77. The standard InChI is InChI=1S/C18H26BN3O3/c1-11(2)21-16-20-10-12-8-13(15(23-7)9-14(12)22-16)19-24-17(3,4)18(5,6)25-19/h8-11H,1-7H3,(H,20,21,22). The maximum absolute atomic E-state index is 6.16. The third-order valence-electron chi connectivity index (χ3n) is 4.86. The van der Waals surface area contributed by atoms with Gasteiger partial charge >= 0.3 is 7.12 Å². The average molecular weight is 343 g/mol. The molecule has 0 bridgehead atoms. The molecular weight excluding hydrogens is 317 g/mol. The van der Waals surface area contributed by atoms with Crippen LogP contribution in [0.4, 0.5) is 5.95 Å². The molecule has 1 aromatic heterocycles. The summed E-state index contributed by atoms with van der Waals surface area (Å²) in [7, 11) is 1.16. The van der Waals surface area contributed by atoms with Crippen molar-refractivity contribution in [3.8, 4) is 5.75 Å². The van der Waals surface area contributed by atoms with Crippen molar-refractivity contribution in [1.29, 1.82) is 0 Å². The lowest BCUT2D eigenvalue weighted by Crippen LogP contribution is -2.41. The molecule has 0 atom stereocenters. The quantitative estimate of drug-likeness (QED) is 0.862. The zero-order valence-electron chi connectivity index (χ0n) is 16.0. The van der Waals surface area contributed by atoms with Gasteiger partial charge in [-0.3, -0.25) is 0 Å². The van der Waals surface area contributed by atoms with Gasteiger partial charge in [0.1, 0.15) is 5.75 Å². The van der Waals surface area contributed by atoms with Crippen LogP contribution in [-0.2, 0) is 9.31 Å². The fraction of sp³-hybridized carbons (Fsp3) is 0.556. The SMILES string of the molecule is COc1cc2nc(NC(C)C)ncc2cc1B1OC(C)(C)C(C)(C)O1. The first-order chi connectivity index (χ1) is 11.6. The number of ether oxygens (including phenoxy) is 1. The van der Waals surface area contributed by atoms with Crippen molar-refractivity contribution in [2.24, 2.45) is 0 Å². The van der Waals surface area contributed by atoms with E-state index in [1.165, 1.54) is 0 Å². The molecule has 0 amide bonds. The van der Waals surface area contributed by atoms with Gasteiger partial charge in [-0.05, 0) is 47.6 Å². The number of hydrogen-bond donors (Lipinski definition) is 1. The smallest absolute Gasteiger partial charge is 0.497 e. The molecule has 0 radical (unpaired) electrons. The normalized spacial score (nSPS) is 18.8. The zero-order valence-corrected chi connectivity index (χ0v) is 16.0. The number of nitrogens with one attached hydrogen (secondary N) is 1. The molecule has 1 aromatic carbocycles. The molecule has 3 rings (SSSR count). The van der Waals surface area contributed by atoms with Crippen molar-refractivity contribution in [3.63, 3.8) is 0 Å². The molecule has 0 aliphatic carbocycles. The molecule has 0 spiro atoms. The Morgan fingerprint density at radius 2 is 1.76 bits per heavy atom. The Labute approximate surface area is 149 Å². The van der Waals surface area contributed by atoms with Gasteiger partial charge in [-0.15, -0.1) is 0 Å². The highest BCUT2D eigenvalue weighted by Gasteiger charge is 2.52. The van der Waals surface area contributed by atoms with E-state index < -0.39 is 18.3 Å². The summed E-state index contributed by atoms with van der Waals surface area (Å²) < 4.78 is 17.9. The summed E-state index contributed by atoms with van der Waals surface area (Å²) in [6.07, 6.45) is 1.81. The molecule has 1 N–H and O–H groups in total. The number of hydrogen-bond acceptors (Lipinski definition) is 6. The van der Waals surface area contributed by atoms with Gasteiger partial charge in [-0.25, -0.2) is 9.97 Å². The van der Waals surface area contributed by atoms with E-state index in [0.717, 1.165) is 16.4 Å². The van der Waals surface area contributed by atoms with Gasteiger partial charge in [0.15, 0.2) is 0 Å². The van der Waals surface area contributed by atoms with Crippen LogP contribution in [0.1, 0.15) is 41.5 Å². The van der Waals surface area contributed by atoms with Gasteiger partial charge in [0, 0.05) is 29.2 Å². The van der Waals surface area contributed by atoms with Crippen LogP contribution in [0.25, 0.3) is 10.9 Å². The van der Waals surface area contributed by atoms with E-state index in [9.17, 15) is 0 Å². The van der Waals surface area contributed by atoms with Crippen molar-refractivity contribution in [2.75, 3.05) is 12.4 Å². The molecule has 0 unspecified atom stereocenters. The third-order valence-corrected chi connectivity index (χ3v) is 4.86. The van der Waals surface area contributed by atoms with Crippen LogP contribution in [0.3, 0.4) is 0 Å². The second-order valence-corrected chi connectivity index (χ2v) is 7.73. The molecule has 1 saturated heterocycles. The lowest BCUT2D eigenvalue weighted by Gasteiger charge is -2.32. The lowest BCUT2D eigenvalue weighted by molar-refractivity contribution is 0.00578. The molecular formula is C18H26BN3O3. The molecule has 25 heavy (non-hydrogen) atoms. The highest BCUT2D eigenvalue weighted by atomic mass is 16.7. The Morgan fingerprint density at radius 3 is 2.32 bits per heavy atom. The van der Waals surface area contributed by atoms with Gasteiger partial charge in [0.25, 0.3) is 0 Å². The minimum atomic E-state index is -0.488. The van der Waals surface area contributed by atoms with E-state index in [4.69, 9.17) is 14.0 Å². The summed E-state index contributed by atoms with van der Waals surface area (Å²) in [5.41, 5.74) is 0.857. The maximum atomic E-state index is 6.16. The Kier molecular flexibility index (Phi) is 4.41. The first-order valence-electron chi connectivity index (χ1n) is 8.60. The number of benzene rings is 1. The summed E-state index contributed by atoms with van der Waals surface area (Å²) in [6, 6.07) is 4.15. The molecule has 2 aromatic rings. The number of rotatable bonds is 4. The number of fused-ring (bicyclic) bond motifs is 1. The van der Waals surface area contributed by atoms with Crippen molar-refractivity contribution < 1.29 is 14.0 Å². The van der Waals surface area contributed by atoms with Gasteiger partial charge in [-0.2, -0.15) is 0 Å². The van der Waals surface area contributed by atoms with E-state index in [2.05, 4.69) is 29.1 Å². The Balaban J connectivity index is 2.02. The average Bonchev–Trinajstić information content (AvgIpc) is 2.73. The zero-order chi connectivity index (χ0) is 18.4. The first kappa shape index (κ1) is 18.0. The Morgan fingerprint density at radius 1 is 1.12 bits per heavy atom. The highest BCUT2D eigenvalue weighted by molar-refractivity contribution is 6.63. The number of aromatic nitrogens is 2. The predicted octanol–water partition coefficient (Wildman–Crippen LogP) is 2.76. The second-order valence-electron chi connectivity index (χ2n) is 7.73. The van der Waals surface area contributed by atoms with E-state index in [0.29, 0.717) is 11.7 Å². The molecule has 1 aliphatic rings. The number of anilines is 1. The number of nitrogens with zero attached hydrogens (tertiary/aromatic N) is 2.